The van der Waals surface area contributed by atoms with E-state index < -0.39 is 0 Å². The Kier molecular flexibility index (Phi) is 4.62. The molecule has 7 nitrogen and oxygen atoms in total. The molecule has 0 aliphatic carbocycles. The second-order valence-electron chi connectivity index (χ2n) is 6.71. The number of hydrogen-bond donors (Lipinski definition) is 2. The molecular formula is C17H25N5O2. The van der Waals surface area contributed by atoms with Crippen LogP contribution in [0, 0.1) is 5.92 Å². The van der Waals surface area contributed by atoms with E-state index in [1.54, 1.807) is 4.90 Å². The Labute approximate surface area is 141 Å². The maximum atomic E-state index is 12.5. The summed E-state index contributed by atoms with van der Waals surface area (Å²) in [7, 11) is 3.75. The lowest BCUT2D eigenvalue weighted by Gasteiger charge is -2.34. The zero-order valence-electron chi connectivity index (χ0n) is 14.5. The zero-order chi connectivity index (χ0) is 17.3. The molecule has 3 N–H and O–H groups in total. The van der Waals surface area contributed by atoms with Gasteiger partial charge in [-0.3, -0.25) is 0 Å². The summed E-state index contributed by atoms with van der Waals surface area (Å²) in [5, 5.41) is 2.95. The lowest BCUT2D eigenvalue weighted by molar-refractivity contribution is 0.169. The Morgan fingerprint density at radius 3 is 3.00 bits per heavy atom. The topological polar surface area (TPSA) is 87.6 Å². The van der Waals surface area contributed by atoms with Crippen LogP contribution in [0.25, 0.3) is 11.1 Å². The molecule has 2 heterocycles. The summed E-state index contributed by atoms with van der Waals surface area (Å²) in [6, 6.07) is 6.05. The lowest BCUT2D eigenvalue weighted by Crippen LogP contribution is -2.46. The van der Waals surface area contributed by atoms with Crippen molar-refractivity contribution in [2.75, 3.05) is 37.4 Å². The van der Waals surface area contributed by atoms with Crippen LogP contribution in [0.4, 0.5) is 16.5 Å². The highest BCUT2D eigenvalue weighted by molar-refractivity contribution is 5.92. The zero-order valence-corrected chi connectivity index (χ0v) is 14.5. The quantitative estimate of drug-likeness (QED) is 0.902. The number of nitrogens with one attached hydrogen (secondary N) is 1. The summed E-state index contributed by atoms with van der Waals surface area (Å²) in [6.07, 6.45) is 2.08. The Balaban J connectivity index is 1.70. The van der Waals surface area contributed by atoms with Gasteiger partial charge in [0.2, 0.25) is 0 Å². The van der Waals surface area contributed by atoms with Gasteiger partial charge in [-0.1, -0.05) is 0 Å². The van der Waals surface area contributed by atoms with Gasteiger partial charge in [-0.25, -0.2) is 4.79 Å². The molecule has 1 aliphatic heterocycles. The number of nitrogens with two attached hydrogens (primary N) is 1. The Morgan fingerprint density at radius 2 is 2.29 bits per heavy atom. The van der Waals surface area contributed by atoms with Crippen molar-refractivity contribution in [1.82, 2.24) is 9.88 Å². The van der Waals surface area contributed by atoms with E-state index in [0.717, 1.165) is 24.9 Å². The van der Waals surface area contributed by atoms with Crippen molar-refractivity contribution in [1.29, 1.82) is 0 Å². The van der Waals surface area contributed by atoms with E-state index in [9.17, 15) is 4.79 Å². The van der Waals surface area contributed by atoms with Gasteiger partial charge in [0.05, 0.1) is 0 Å². The second kappa shape index (κ2) is 6.68. The van der Waals surface area contributed by atoms with Gasteiger partial charge in [0.1, 0.15) is 5.52 Å². The Morgan fingerprint density at radius 1 is 1.50 bits per heavy atom. The number of fused-ring (bicyclic) bond motifs is 1. The highest BCUT2D eigenvalue weighted by Crippen LogP contribution is 2.24. The first-order valence-corrected chi connectivity index (χ1v) is 8.33. The largest absolute Gasteiger partial charge is 0.423 e. The molecule has 1 fully saturated rings. The van der Waals surface area contributed by atoms with Crippen molar-refractivity contribution < 1.29 is 9.21 Å². The van der Waals surface area contributed by atoms with Gasteiger partial charge in [-0.05, 0) is 43.9 Å². The first kappa shape index (κ1) is 16.6. The smallest absolute Gasteiger partial charge is 0.321 e. The number of benzene rings is 1. The molecule has 3 rings (SSSR count). The number of carbonyl (C=O) groups excluding carboxylic acids is 1. The molecule has 1 aliphatic rings. The molecule has 7 heteroatoms. The predicted molar refractivity (Wildman–Crippen MR) is 95.3 cm³/mol. The average molecular weight is 331 g/mol. The molecule has 0 spiro atoms. The third kappa shape index (κ3) is 3.46. The van der Waals surface area contributed by atoms with Gasteiger partial charge in [0.15, 0.2) is 5.58 Å². The molecule has 2 aromatic rings. The number of oxazole rings is 1. The summed E-state index contributed by atoms with van der Waals surface area (Å²) in [6.45, 7) is 3.49. The Bertz CT molecular complexity index is 725. The fourth-order valence-corrected chi connectivity index (χ4v) is 3.01. The Hall–Kier alpha value is -2.28. The third-order valence-electron chi connectivity index (χ3n) is 4.50. The highest BCUT2D eigenvalue weighted by atomic mass is 16.4. The second-order valence-corrected chi connectivity index (χ2v) is 6.71. The minimum atomic E-state index is -0.0870. The molecule has 0 radical (unpaired) electrons. The number of urea groups is 1. The van der Waals surface area contributed by atoms with E-state index in [1.165, 1.54) is 0 Å². The average Bonchev–Trinajstić information content (AvgIpc) is 2.98. The van der Waals surface area contributed by atoms with Gasteiger partial charge in [-0.2, -0.15) is 4.98 Å². The van der Waals surface area contributed by atoms with Gasteiger partial charge in [0.25, 0.3) is 6.01 Å². The molecule has 1 aromatic carbocycles. The monoisotopic (exact) mass is 331 g/mol. The van der Waals surface area contributed by atoms with Crippen LogP contribution in [-0.2, 0) is 0 Å². The van der Waals surface area contributed by atoms with Crippen LogP contribution in [0.15, 0.2) is 22.6 Å². The van der Waals surface area contributed by atoms with Gasteiger partial charge >= 0.3 is 6.03 Å². The molecule has 2 atom stereocenters. The van der Waals surface area contributed by atoms with Gasteiger partial charge in [0, 0.05) is 38.9 Å². The molecule has 1 aromatic heterocycles. The summed E-state index contributed by atoms with van der Waals surface area (Å²) >= 11 is 0. The molecule has 0 bridgehead atoms. The molecule has 1 saturated heterocycles. The third-order valence-corrected chi connectivity index (χ3v) is 4.50. The maximum absolute atomic E-state index is 12.5. The number of carbonyl (C=O) groups is 1. The molecule has 2 amide bonds. The first-order valence-electron chi connectivity index (χ1n) is 8.33. The van der Waals surface area contributed by atoms with Crippen LogP contribution in [-0.4, -0.2) is 49.1 Å². The van der Waals surface area contributed by atoms with Gasteiger partial charge in [-0.15, -0.1) is 0 Å². The van der Waals surface area contributed by atoms with E-state index in [4.69, 9.17) is 10.2 Å². The van der Waals surface area contributed by atoms with Crippen LogP contribution >= 0.6 is 0 Å². The van der Waals surface area contributed by atoms with Crippen LogP contribution in [0.2, 0.25) is 0 Å². The standard InChI is InChI=1S/C17H25N5O2/c1-11(18)12-5-4-8-22(10-12)16(23)19-13-6-7-15-14(9-13)20-17(24-15)21(2)3/h6-7,9,11-12H,4-5,8,10,18H2,1-3H3,(H,19,23). The summed E-state index contributed by atoms with van der Waals surface area (Å²) in [5.74, 6) is 0.366. The van der Waals surface area contributed by atoms with Crippen molar-refractivity contribution in [3.63, 3.8) is 0 Å². The van der Waals surface area contributed by atoms with Crippen LogP contribution in [0.1, 0.15) is 19.8 Å². The molecule has 130 valence electrons. The van der Waals surface area contributed by atoms with Crippen LogP contribution in [0.5, 0.6) is 0 Å². The van der Waals surface area contributed by atoms with Crippen LogP contribution in [0.3, 0.4) is 0 Å². The minimum Gasteiger partial charge on any atom is -0.423 e. The van der Waals surface area contributed by atoms with E-state index in [0.29, 0.717) is 29.7 Å². The number of piperidine rings is 1. The predicted octanol–water partition coefficient (Wildman–Crippen LogP) is 2.48. The number of amides is 2. The molecule has 2 unspecified atom stereocenters. The van der Waals surface area contributed by atoms with E-state index in [-0.39, 0.29) is 12.1 Å². The fourth-order valence-electron chi connectivity index (χ4n) is 3.01. The van der Waals surface area contributed by atoms with Crippen LogP contribution < -0.4 is 16.0 Å². The number of rotatable bonds is 3. The van der Waals surface area contributed by atoms with Crippen molar-refractivity contribution in [3.8, 4) is 0 Å². The van der Waals surface area contributed by atoms with Crippen molar-refractivity contribution in [2.24, 2.45) is 11.7 Å². The highest BCUT2D eigenvalue weighted by Gasteiger charge is 2.25. The first-order chi connectivity index (χ1) is 11.4. The number of aromatic nitrogens is 1. The van der Waals surface area contributed by atoms with Crippen molar-refractivity contribution in [3.05, 3.63) is 18.2 Å². The summed E-state index contributed by atoms with van der Waals surface area (Å²) < 4.78 is 5.62. The summed E-state index contributed by atoms with van der Waals surface area (Å²) in [5.41, 5.74) is 8.13. The maximum Gasteiger partial charge on any atom is 0.321 e. The van der Waals surface area contributed by atoms with E-state index in [1.807, 2.05) is 44.1 Å². The summed E-state index contributed by atoms with van der Waals surface area (Å²) in [4.78, 5) is 20.6. The van der Waals surface area contributed by atoms with Crippen molar-refractivity contribution >= 4 is 28.8 Å². The normalized spacial score (nSPS) is 19.3. The van der Waals surface area contributed by atoms with Crippen molar-refractivity contribution in [2.45, 2.75) is 25.8 Å². The number of hydrogen-bond acceptors (Lipinski definition) is 5. The SMILES string of the molecule is CC(N)C1CCCN(C(=O)Nc2ccc3oc(N(C)C)nc3c2)C1. The lowest BCUT2D eigenvalue weighted by atomic mass is 9.92. The number of nitrogens with zero attached hydrogens (tertiary/aromatic N) is 3. The van der Waals surface area contributed by atoms with E-state index >= 15 is 0 Å². The number of anilines is 2. The fraction of sp³-hybridized carbons (Fsp3) is 0.529. The molecule has 0 saturated carbocycles. The number of likely N-dealkylation sites (tertiary alicyclic amines) is 1. The molecule has 24 heavy (non-hydrogen) atoms. The minimum absolute atomic E-state index is 0.0870. The van der Waals surface area contributed by atoms with E-state index in [2.05, 4.69) is 10.3 Å². The van der Waals surface area contributed by atoms with Gasteiger partial charge < -0.3 is 25.3 Å². The molecular weight excluding hydrogens is 306 g/mol.